The third kappa shape index (κ3) is 5.21. The Kier molecular flexibility index (Phi) is 6.86. The molecule has 6 heteroatoms. The third-order valence-corrected chi connectivity index (χ3v) is 3.72. The van der Waals surface area contributed by atoms with Gasteiger partial charge < -0.3 is 10.00 Å². The van der Waals surface area contributed by atoms with E-state index in [0.717, 1.165) is 0 Å². The Hall–Kier alpha value is 0.244. The number of aliphatic carboxylic acids is 1. The summed E-state index contributed by atoms with van der Waals surface area (Å²) in [6, 6.07) is 8.10. The molecule has 1 radical (unpaired) electrons. The van der Waals surface area contributed by atoms with E-state index in [9.17, 15) is 14.3 Å². The molecule has 0 aliphatic carbocycles. The van der Waals surface area contributed by atoms with Gasteiger partial charge in [0.15, 0.2) is 0 Å². The molecule has 79 valence electrons. The predicted octanol–water partition coefficient (Wildman–Crippen LogP) is 1.06. The van der Waals surface area contributed by atoms with Crippen LogP contribution in [0.15, 0.2) is 30.3 Å². The van der Waals surface area contributed by atoms with Crippen molar-refractivity contribution in [2.75, 3.05) is 6.16 Å². The second-order valence-electron chi connectivity index (χ2n) is 2.90. The van der Waals surface area contributed by atoms with Crippen molar-refractivity contribution < 1.29 is 60.7 Å². The molecule has 1 aromatic carbocycles. The molecular formula is C9H11O4PPr. The maximum Gasteiger partial charge on any atom is 0.303 e. The Morgan fingerprint density at radius 2 is 1.80 bits per heavy atom. The minimum atomic E-state index is -3.48. The van der Waals surface area contributed by atoms with Gasteiger partial charge >= 0.3 is 5.97 Å². The molecule has 0 fully saturated rings. The topological polar surface area (TPSA) is 74.6 Å². The van der Waals surface area contributed by atoms with Crippen molar-refractivity contribution in [3.05, 3.63) is 30.3 Å². The van der Waals surface area contributed by atoms with E-state index in [1.807, 2.05) is 0 Å². The number of hydrogen-bond donors (Lipinski definition) is 2. The first kappa shape index (κ1) is 15.2. The second-order valence-corrected chi connectivity index (χ2v) is 5.27. The normalized spacial score (nSPS) is 13.7. The Labute approximate surface area is 121 Å². The largest absolute Gasteiger partial charge is 0.481 e. The van der Waals surface area contributed by atoms with Crippen molar-refractivity contribution in [2.24, 2.45) is 0 Å². The van der Waals surface area contributed by atoms with Gasteiger partial charge in [0.1, 0.15) is 0 Å². The van der Waals surface area contributed by atoms with Gasteiger partial charge in [-0.05, 0) is 12.1 Å². The first-order valence-corrected chi connectivity index (χ1v) is 5.96. The summed E-state index contributed by atoms with van der Waals surface area (Å²) < 4.78 is 11.6. The summed E-state index contributed by atoms with van der Waals surface area (Å²) in [5.41, 5.74) is 0. The van der Waals surface area contributed by atoms with E-state index in [4.69, 9.17) is 5.11 Å². The zero-order chi connectivity index (χ0) is 10.6. The van der Waals surface area contributed by atoms with E-state index in [2.05, 4.69) is 0 Å². The van der Waals surface area contributed by atoms with Crippen molar-refractivity contribution >= 4 is 18.6 Å². The van der Waals surface area contributed by atoms with Gasteiger partial charge in [0.05, 0.1) is 6.42 Å². The number of rotatable bonds is 4. The maximum atomic E-state index is 11.6. The summed E-state index contributed by atoms with van der Waals surface area (Å²) in [4.78, 5) is 19.8. The van der Waals surface area contributed by atoms with Crippen LogP contribution in [0.2, 0.25) is 0 Å². The van der Waals surface area contributed by atoms with E-state index in [-0.39, 0.29) is 53.9 Å². The average molecular weight is 355 g/mol. The van der Waals surface area contributed by atoms with Crippen molar-refractivity contribution in [2.45, 2.75) is 6.42 Å². The van der Waals surface area contributed by atoms with Gasteiger partial charge in [-0.25, -0.2) is 0 Å². The summed E-state index contributed by atoms with van der Waals surface area (Å²) in [5, 5.41) is 8.70. The molecule has 0 spiro atoms. The van der Waals surface area contributed by atoms with Crippen LogP contribution in [0, 0.1) is 41.3 Å². The fraction of sp³-hybridized carbons (Fsp3) is 0.222. The van der Waals surface area contributed by atoms with Crippen LogP contribution in [0.5, 0.6) is 0 Å². The molecule has 0 saturated heterocycles. The smallest absolute Gasteiger partial charge is 0.303 e. The molecule has 0 aliphatic heterocycles. The summed E-state index contributed by atoms with van der Waals surface area (Å²) in [6.07, 6.45) is -0.505. The van der Waals surface area contributed by atoms with Gasteiger partial charge in [-0.3, -0.25) is 9.36 Å². The quantitative estimate of drug-likeness (QED) is 0.793. The standard InChI is InChI=1S/C9H11O4P.Pr/c10-9(11)6-7-14(12,13)8-4-2-1-3-5-8;/h1-5H,6-7H2,(H,10,11)(H,12,13);. The van der Waals surface area contributed by atoms with E-state index >= 15 is 0 Å². The molecule has 15 heavy (non-hydrogen) atoms. The third-order valence-electron chi connectivity index (χ3n) is 1.79. The van der Waals surface area contributed by atoms with Crippen molar-refractivity contribution in [1.29, 1.82) is 0 Å². The number of carboxylic acid groups (broad SMARTS) is 1. The molecule has 1 atom stereocenters. The van der Waals surface area contributed by atoms with Crippen LogP contribution in [0.4, 0.5) is 0 Å². The fourth-order valence-electron chi connectivity index (χ4n) is 1.04. The van der Waals surface area contributed by atoms with Crippen LogP contribution < -0.4 is 5.30 Å². The van der Waals surface area contributed by atoms with Gasteiger partial charge in [0.25, 0.3) is 0 Å². The van der Waals surface area contributed by atoms with E-state index < -0.39 is 13.3 Å². The first-order chi connectivity index (χ1) is 6.52. The summed E-state index contributed by atoms with van der Waals surface area (Å²) in [7, 11) is -3.48. The van der Waals surface area contributed by atoms with Crippen LogP contribution >= 0.6 is 7.37 Å². The van der Waals surface area contributed by atoms with E-state index in [1.165, 1.54) is 12.1 Å². The molecule has 0 aliphatic rings. The zero-order valence-corrected chi connectivity index (χ0v) is 12.6. The van der Waals surface area contributed by atoms with E-state index in [0.29, 0.717) is 5.30 Å². The summed E-state index contributed by atoms with van der Waals surface area (Å²) >= 11 is 0. The Morgan fingerprint density at radius 1 is 1.27 bits per heavy atom. The first-order valence-electron chi connectivity index (χ1n) is 4.11. The van der Waals surface area contributed by atoms with Gasteiger partial charge in [-0.15, -0.1) is 0 Å². The monoisotopic (exact) mass is 355 g/mol. The molecule has 0 saturated carbocycles. The van der Waals surface area contributed by atoms with Crippen LogP contribution in [-0.4, -0.2) is 22.1 Å². The maximum absolute atomic E-state index is 11.6. The number of carboxylic acids is 1. The molecule has 2 N–H and O–H groups in total. The molecule has 1 unspecified atom stereocenters. The van der Waals surface area contributed by atoms with Crippen LogP contribution in [-0.2, 0) is 9.36 Å². The fourth-order valence-corrected chi connectivity index (χ4v) is 2.43. The molecule has 1 aromatic rings. The molecule has 1 rings (SSSR count). The van der Waals surface area contributed by atoms with Gasteiger partial charge in [0, 0.05) is 52.8 Å². The van der Waals surface area contributed by atoms with Gasteiger partial charge in [-0.1, -0.05) is 18.2 Å². The minimum Gasteiger partial charge on any atom is -0.481 e. The SMILES string of the molecule is O=C(O)CCP(=O)(O)c1ccccc1.[Pr]. The summed E-state index contributed by atoms with van der Waals surface area (Å²) in [5.74, 6) is -1.06. The number of hydrogen-bond acceptors (Lipinski definition) is 2. The van der Waals surface area contributed by atoms with Crippen LogP contribution in [0.25, 0.3) is 0 Å². The van der Waals surface area contributed by atoms with Gasteiger partial charge in [-0.2, -0.15) is 0 Å². The Bertz CT molecular complexity index is 366. The van der Waals surface area contributed by atoms with Crippen LogP contribution in [0.1, 0.15) is 6.42 Å². The molecule has 0 bridgehead atoms. The zero-order valence-electron chi connectivity index (χ0n) is 8.04. The van der Waals surface area contributed by atoms with Crippen LogP contribution in [0.3, 0.4) is 0 Å². The molecular weight excluding hydrogens is 344 g/mol. The second kappa shape index (κ2) is 6.75. The molecule has 0 amide bonds. The number of benzene rings is 1. The van der Waals surface area contributed by atoms with E-state index in [1.54, 1.807) is 18.2 Å². The van der Waals surface area contributed by atoms with Gasteiger partial charge in [0.2, 0.25) is 7.37 Å². The average Bonchev–Trinajstić information content (AvgIpc) is 2.16. The minimum absolute atomic E-state index is 0. The molecule has 0 heterocycles. The molecule has 4 nitrogen and oxygen atoms in total. The van der Waals surface area contributed by atoms with Crippen molar-refractivity contribution in [1.82, 2.24) is 0 Å². The summed E-state index contributed by atoms with van der Waals surface area (Å²) in [6.45, 7) is 0. The Morgan fingerprint density at radius 3 is 2.27 bits per heavy atom. The Balaban J connectivity index is 0.00000196. The number of carbonyl (C=O) groups is 1. The predicted molar refractivity (Wildman–Crippen MR) is 53.0 cm³/mol. The molecule has 0 aromatic heterocycles. The van der Waals surface area contributed by atoms with Crippen molar-refractivity contribution in [3.63, 3.8) is 0 Å². The van der Waals surface area contributed by atoms with Crippen molar-refractivity contribution in [3.8, 4) is 0 Å².